The number of carbonyl (C=O) groups is 1. The molecular formula is C18H30N3O2. The Balaban J connectivity index is 2.68. The first-order valence-corrected chi connectivity index (χ1v) is 8.48. The first-order chi connectivity index (χ1) is 11.0. The maximum absolute atomic E-state index is 12.2. The third-order valence-electron chi connectivity index (χ3n) is 3.73. The molecule has 1 rings (SSSR count). The van der Waals surface area contributed by atoms with E-state index in [0.29, 0.717) is 18.7 Å². The van der Waals surface area contributed by atoms with Gasteiger partial charge in [0.05, 0.1) is 13.2 Å². The van der Waals surface area contributed by atoms with Gasteiger partial charge in [-0.3, -0.25) is 9.69 Å². The summed E-state index contributed by atoms with van der Waals surface area (Å²) in [6.45, 7) is 8.26. The first-order valence-electron chi connectivity index (χ1n) is 8.48. The van der Waals surface area contributed by atoms with E-state index >= 15 is 0 Å². The predicted octanol–water partition coefficient (Wildman–Crippen LogP) is 2.94. The number of anilines is 2. The van der Waals surface area contributed by atoms with Crippen molar-refractivity contribution in [2.75, 3.05) is 37.3 Å². The maximum Gasteiger partial charge on any atom is 0.238 e. The van der Waals surface area contributed by atoms with E-state index in [4.69, 9.17) is 5.73 Å². The Labute approximate surface area is 139 Å². The van der Waals surface area contributed by atoms with Crippen molar-refractivity contribution in [2.24, 2.45) is 5.92 Å². The molecule has 3 N–H and O–H groups in total. The number of amides is 1. The summed E-state index contributed by atoms with van der Waals surface area (Å²) in [7, 11) is 0. The lowest BCUT2D eigenvalue weighted by Crippen LogP contribution is -2.34. The third-order valence-corrected chi connectivity index (χ3v) is 3.73. The van der Waals surface area contributed by atoms with Crippen molar-refractivity contribution in [2.45, 2.75) is 40.0 Å². The van der Waals surface area contributed by atoms with Crippen molar-refractivity contribution >= 4 is 17.3 Å². The summed E-state index contributed by atoms with van der Waals surface area (Å²) in [4.78, 5) is 14.4. The molecule has 1 amide bonds. The van der Waals surface area contributed by atoms with Crippen LogP contribution in [0.15, 0.2) is 18.2 Å². The summed E-state index contributed by atoms with van der Waals surface area (Å²) in [5, 5.41) is 13.9. The number of nitrogen functional groups attached to an aromatic ring is 1. The summed E-state index contributed by atoms with van der Waals surface area (Å²) >= 11 is 0. The molecule has 1 radical (unpaired) electrons. The van der Waals surface area contributed by atoms with Gasteiger partial charge >= 0.3 is 0 Å². The van der Waals surface area contributed by atoms with Gasteiger partial charge in [0.2, 0.25) is 5.91 Å². The second kappa shape index (κ2) is 10.2. The summed E-state index contributed by atoms with van der Waals surface area (Å²) in [5.74, 6) is 0.0207. The number of carbonyl (C=O) groups excluding carboxylic acids is 1. The summed E-state index contributed by atoms with van der Waals surface area (Å²) in [5.41, 5.74) is 8.29. The van der Waals surface area contributed by atoms with Crippen LogP contribution < -0.4 is 11.1 Å². The van der Waals surface area contributed by atoms with E-state index in [2.05, 4.69) is 24.1 Å². The Bertz CT molecular complexity index is 485. The van der Waals surface area contributed by atoms with Crippen LogP contribution in [0.3, 0.4) is 0 Å². The molecule has 0 saturated heterocycles. The van der Waals surface area contributed by atoms with Gasteiger partial charge in [-0.1, -0.05) is 20.8 Å². The molecule has 0 bridgehead atoms. The molecule has 0 heterocycles. The maximum atomic E-state index is 12.2. The molecule has 1 aromatic rings. The van der Waals surface area contributed by atoms with Gasteiger partial charge in [0.15, 0.2) is 0 Å². The largest absolute Gasteiger partial charge is 0.399 e. The molecule has 0 aliphatic heterocycles. The van der Waals surface area contributed by atoms with Crippen LogP contribution in [-0.2, 0) is 16.3 Å². The van der Waals surface area contributed by atoms with Gasteiger partial charge in [0, 0.05) is 11.4 Å². The van der Waals surface area contributed by atoms with E-state index in [1.165, 1.54) is 0 Å². The zero-order valence-electron chi connectivity index (χ0n) is 14.6. The van der Waals surface area contributed by atoms with Crippen molar-refractivity contribution in [3.8, 4) is 0 Å². The van der Waals surface area contributed by atoms with Crippen molar-refractivity contribution in [3.05, 3.63) is 23.8 Å². The highest BCUT2D eigenvalue weighted by Gasteiger charge is 2.11. The van der Waals surface area contributed by atoms with Crippen molar-refractivity contribution in [1.82, 2.24) is 4.90 Å². The van der Waals surface area contributed by atoms with Gasteiger partial charge in [0.1, 0.15) is 0 Å². The van der Waals surface area contributed by atoms with Crippen molar-refractivity contribution < 1.29 is 9.90 Å². The minimum Gasteiger partial charge on any atom is -0.399 e. The molecule has 0 spiro atoms. The van der Waals surface area contributed by atoms with Crippen LogP contribution in [0.1, 0.15) is 39.2 Å². The Morgan fingerprint density at radius 2 is 1.91 bits per heavy atom. The number of hydrogen-bond donors (Lipinski definition) is 2. The number of nitrogens with zero attached hydrogens (tertiary/aromatic N) is 1. The van der Waals surface area contributed by atoms with E-state index in [1.807, 2.05) is 19.1 Å². The highest BCUT2D eigenvalue weighted by molar-refractivity contribution is 5.92. The number of nitrogens with two attached hydrogens (primary N) is 1. The van der Waals surface area contributed by atoms with Gasteiger partial charge in [0.25, 0.3) is 0 Å². The van der Waals surface area contributed by atoms with Crippen LogP contribution in [0.2, 0.25) is 0 Å². The van der Waals surface area contributed by atoms with Crippen LogP contribution in [0.4, 0.5) is 11.4 Å². The second-order valence-electron chi connectivity index (χ2n) is 6.21. The highest BCUT2D eigenvalue weighted by atomic mass is 16.3. The highest BCUT2D eigenvalue weighted by Crippen LogP contribution is 2.21. The van der Waals surface area contributed by atoms with Gasteiger partial charge < -0.3 is 11.1 Å². The molecule has 0 aliphatic carbocycles. The van der Waals surface area contributed by atoms with Gasteiger partial charge in [-0.25, -0.2) is 5.11 Å². The van der Waals surface area contributed by atoms with Crippen molar-refractivity contribution in [3.63, 3.8) is 0 Å². The molecule has 0 aromatic heterocycles. The average molecular weight is 320 g/mol. The van der Waals surface area contributed by atoms with E-state index < -0.39 is 0 Å². The second-order valence-corrected chi connectivity index (χ2v) is 6.21. The Morgan fingerprint density at radius 3 is 2.48 bits per heavy atom. The quantitative estimate of drug-likeness (QED) is 0.651. The number of rotatable bonds is 10. The molecule has 1 unspecified atom stereocenters. The molecule has 129 valence electrons. The normalized spacial score (nSPS) is 12.4. The smallest absolute Gasteiger partial charge is 0.238 e. The lowest BCUT2D eigenvalue weighted by Gasteiger charge is -2.20. The Morgan fingerprint density at radius 1 is 1.26 bits per heavy atom. The molecule has 0 aliphatic rings. The SMILES string of the molecule is CCCN(CCC)CC(=O)Nc1ccc(N)c(CC(C)C[O])c1. The van der Waals surface area contributed by atoms with Crippen molar-refractivity contribution in [1.29, 1.82) is 0 Å². The summed E-state index contributed by atoms with van der Waals surface area (Å²) in [6.07, 6.45) is 2.70. The standard InChI is InChI=1S/C18H30N3O2/c1-4-8-21(9-5-2)12-18(23)20-16-6-7-17(19)15(11-16)10-14(3)13-22/h6-7,11,14H,4-5,8-10,12-13,19H2,1-3H3,(H,20,23). The molecule has 0 saturated carbocycles. The van der Waals surface area contributed by atoms with E-state index in [0.717, 1.165) is 37.2 Å². The monoisotopic (exact) mass is 320 g/mol. The predicted molar refractivity (Wildman–Crippen MR) is 94.9 cm³/mol. The van der Waals surface area contributed by atoms with Crippen LogP contribution in [0.25, 0.3) is 0 Å². The molecule has 5 heteroatoms. The number of benzene rings is 1. The Hall–Kier alpha value is -1.59. The zero-order valence-corrected chi connectivity index (χ0v) is 14.6. The molecular weight excluding hydrogens is 290 g/mol. The molecule has 1 aromatic carbocycles. The first kappa shape index (κ1) is 19.5. The fourth-order valence-electron chi connectivity index (χ4n) is 2.60. The minimum absolute atomic E-state index is 0.0144. The molecule has 5 nitrogen and oxygen atoms in total. The lowest BCUT2D eigenvalue weighted by atomic mass is 10.00. The summed E-state index contributed by atoms with van der Waals surface area (Å²) in [6, 6.07) is 5.48. The molecule has 23 heavy (non-hydrogen) atoms. The van der Waals surface area contributed by atoms with Gasteiger partial charge in [-0.15, -0.1) is 0 Å². The average Bonchev–Trinajstić information content (AvgIpc) is 2.51. The van der Waals surface area contributed by atoms with E-state index in [9.17, 15) is 9.90 Å². The fourth-order valence-corrected chi connectivity index (χ4v) is 2.60. The third kappa shape index (κ3) is 7.01. The topological polar surface area (TPSA) is 78.3 Å². The van der Waals surface area contributed by atoms with Gasteiger partial charge in [-0.2, -0.15) is 0 Å². The van der Waals surface area contributed by atoms with Crippen LogP contribution >= 0.6 is 0 Å². The number of nitrogens with one attached hydrogen (secondary N) is 1. The fraction of sp³-hybridized carbons (Fsp3) is 0.611. The van der Waals surface area contributed by atoms with Crippen LogP contribution in [-0.4, -0.2) is 37.0 Å². The van der Waals surface area contributed by atoms with Crippen LogP contribution in [0.5, 0.6) is 0 Å². The molecule has 1 atom stereocenters. The zero-order chi connectivity index (χ0) is 17.2. The van der Waals surface area contributed by atoms with Gasteiger partial charge in [-0.05, 0) is 62.0 Å². The molecule has 0 fully saturated rings. The summed E-state index contributed by atoms with van der Waals surface area (Å²) < 4.78 is 0. The lowest BCUT2D eigenvalue weighted by molar-refractivity contribution is -0.117. The minimum atomic E-state index is -0.126. The van der Waals surface area contributed by atoms with Crippen LogP contribution in [0, 0.1) is 5.92 Å². The Kier molecular flexibility index (Phi) is 8.66. The van der Waals surface area contributed by atoms with E-state index in [1.54, 1.807) is 6.07 Å². The number of hydrogen-bond acceptors (Lipinski definition) is 3. The van der Waals surface area contributed by atoms with E-state index in [-0.39, 0.29) is 18.4 Å².